The lowest BCUT2D eigenvalue weighted by atomic mass is 10.00. The van der Waals surface area contributed by atoms with Crippen molar-refractivity contribution in [3.05, 3.63) is 47.0 Å². The minimum atomic E-state index is -0.953. The maximum atomic E-state index is 12.6. The molecule has 2 unspecified atom stereocenters. The van der Waals surface area contributed by atoms with Gasteiger partial charge in [-0.2, -0.15) is 0 Å². The molecule has 1 aromatic heterocycles. The van der Waals surface area contributed by atoms with Crippen molar-refractivity contribution in [2.45, 2.75) is 59.3 Å². The molecule has 0 saturated carbocycles. The lowest BCUT2D eigenvalue weighted by molar-refractivity contribution is -0.145. The Morgan fingerprint density at radius 2 is 1.90 bits per heavy atom. The van der Waals surface area contributed by atoms with E-state index in [-0.39, 0.29) is 31.6 Å². The summed E-state index contributed by atoms with van der Waals surface area (Å²) < 4.78 is 1.80. The number of aliphatic carboxylic acids is 1. The van der Waals surface area contributed by atoms with Crippen LogP contribution in [0.2, 0.25) is 0 Å². The number of carboxylic acid groups (broad SMARTS) is 1. The van der Waals surface area contributed by atoms with Gasteiger partial charge in [0, 0.05) is 0 Å². The molecule has 1 aliphatic heterocycles. The van der Waals surface area contributed by atoms with Gasteiger partial charge >= 0.3 is 5.97 Å². The summed E-state index contributed by atoms with van der Waals surface area (Å²) in [5, 5.41) is 20.7. The SMILES string of the molecule is Cc1nnc2n1CC(C(=O)O)N(CC(=O)NC(C)c1ccc(CC(C)C)cc1)C2. The fraction of sp³-hybridized carbons (Fsp3) is 0.524. The lowest BCUT2D eigenvalue weighted by Gasteiger charge is -2.33. The molecule has 0 fully saturated rings. The number of carbonyl (C=O) groups is 2. The number of hydrogen-bond acceptors (Lipinski definition) is 5. The average Bonchev–Trinajstić information content (AvgIpc) is 3.01. The molecule has 0 aliphatic carbocycles. The van der Waals surface area contributed by atoms with E-state index in [4.69, 9.17) is 0 Å². The summed E-state index contributed by atoms with van der Waals surface area (Å²) in [6.45, 7) is 8.62. The third-order valence-corrected chi connectivity index (χ3v) is 5.29. The van der Waals surface area contributed by atoms with Gasteiger partial charge in [-0.1, -0.05) is 38.1 Å². The maximum Gasteiger partial charge on any atom is 0.322 e. The molecule has 8 heteroatoms. The van der Waals surface area contributed by atoms with E-state index < -0.39 is 12.0 Å². The van der Waals surface area contributed by atoms with Crippen molar-refractivity contribution in [1.82, 2.24) is 25.0 Å². The van der Waals surface area contributed by atoms with Crippen molar-refractivity contribution in [1.29, 1.82) is 0 Å². The number of carbonyl (C=O) groups excluding carboxylic acids is 1. The smallest absolute Gasteiger partial charge is 0.322 e. The second-order valence-electron chi connectivity index (χ2n) is 8.16. The van der Waals surface area contributed by atoms with Gasteiger partial charge in [-0.25, -0.2) is 0 Å². The molecule has 1 amide bonds. The van der Waals surface area contributed by atoms with Gasteiger partial charge in [0.25, 0.3) is 0 Å². The fourth-order valence-corrected chi connectivity index (χ4v) is 3.73. The summed E-state index contributed by atoms with van der Waals surface area (Å²) in [5.74, 6) is 0.802. The molecule has 0 spiro atoms. The minimum Gasteiger partial charge on any atom is -0.480 e. The van der Waals surface area contributed by atoms with Gasteiger partial charge in [-0.05, 0) is 37.3 Å². The molecule has 2 aromatic rings. The van der Waals surface area contributed by atoms with Crippen LogP contribution in [0.4, 0.5) is 0 Å². The van der Waals surface area contributed by atoms with Crippen LogP contribution < -0.4 is 5.32 Å². The first kappa shape index (κ1) is 21.0. The number of carboxylic acids is 1. The summed E-state index contributed by atoms with van der Waals surface area (Å²) in [7, 11) is 0. The summed E-state index contributed by atoms with van der Waals surface area (Å²) in [4.78, 5) is 26.0. The number of hydrogen-bond donors (Lipinski definition) is 2. The number of rotatable bonds is 7. The van der Waals surface area contributed by atoms with Crippen LogP contribution in [0.25, 0.3) is 0 Å². The summed E-state index contributed by atoms with van der Waals surface area (Å²) in [6, 6.07) is 7.32. The zero-order valence-corrected chi connectivity index (χ0v) is 17.4. The van der Waals surface area contributed by atoms with Crippen LogP contribution in [0, 0.1) is 12.8 Å². The monoisotopic (exact) mass is 399 g/mol. The molecule has 2 heterocycles. The summed E-state index contributed by atoms with van der Waals surface area (Å²) in [6.07, 6.45) is 1.02. The van der Waals surface area contributed by atoms with Gasteiger partial charge in [0.1, 0.15) is 17.7 Å². The maximum absolute atomic E-state index is 12.6. The standard InChI is InChI=1S/C21H29N5O3/c1-13(2)9-16-5-7-17(8-6-16)14(3)22-20(27)12-25-11-19-24-23-15(4)26(19)10-18(25)21(28)29/h5-8,13-14,18H,9-12H2,1-4H3,(H,22,27)(H,28,29). The van der Waals surface area contributed by atoms with Gasteiger partial charge < -0.3 is 15.0 Å². The van der Waals surface area contributed by atoms with Crippen LogP contribution in [0.1, 0.15) is 49.6 Å². The highest BCUT2D eigenvalue weighted by molar-refractivity contribution is 5.80. The van der Waals surface area contributed by atoms with E-state index in [1.54, 1.807) is 16.4 Å². The van der Waals surface area contributed by atoms with E-state index in [9.17, 15) is 14.7 Å². The van der Waals surface area contributed by atoms with Gasteiger partial charge in [-0.3, -0.25) is 14.5 Å². The largest absolute Gasteiger partial charge is 0.480 e. The molecule has 0 saturated heterocycles. The van der Waals surface area contributed by atoms with E-state index in [1.165, 1.54) is 5.56 Å². The van der Waals surface area contributed by atoms with E-state index in [2.05, 4.69) is 41.5 Å². The molecule has 0 bridgehead atoms. The molecule has 1 aliphatic rings. The van der Waals surface area contributed by atoms with Crippen molar-refractivity contribution in [3.8, 4) is 0 Å². The highest BCUT2D eigenvalue weighted by Crippen LogP contribution is 2.19. The van der Waals surface area contributed by atoms with Gasteiger partial charge in [0.05, 0.1) is 25.7 Å². The molecular formula is C21H29N5O3. The quantitative estimate of drug-likeness (QED) is 0.738. The predicted molar refractivity (Wildman–Crippen MR) is 108 cm³/mol. The molecule has 29 heavy (non-hydrogen) atoms. The fourth-order valence-electron chi connectivity index (χ4n) is 3.73. The first-order valence-electron chi connectivity index (χ1n) is 9.98. The summed E-state index contributed by atoms with van der Waals surface area (Å²) in [5.41, 5.74) is 2.30. The Hall–Kier alpha value is -2.74. The second kappa shape index (κ2) is 8.73. The molecule has 2 atom stereocenters. The number of nitrogens with one attached hydrogen (secondary N) is 1. The normalized spacial score (nSPS) is 17.8. The number of amides is 1. The van der Waals surface area contributed by atoms with E-state index in [1.807, 2.05) is 19.1 Å². The molecule has 0 radical (unpaired) electrons. The third kappa shape index (κ3) is 5.00. The molecule has 8 nitrogen and oxygen atoms in total. The average molecular weight is 399 g/mol. The van der Waals surface area contributed by atoms with Gasteiger partial charge in [-0.15, -0.1) is 10.2 Å². The topological polar surface area (TPSA) is 100 Å². The number of benzene rings is 1. The molecule has 1 aromatic carbocycles. The van der Waals surface area contributed by atoms with Gasteiger partial charge in [0.15, 0.2) is 0 Å². The van der Waals surface area contributed by atoms with Crippen LogP contribution in [0.3, 0.4) is 0 Å². The van der Waals surface area contributed by atoms with Crippen molar-refractivity contribution in [2.24, 2.45) is 5.92 Å². The van der Waals surface area contributed by atoms with Crippen LogP contribution in [-0.4, -0.2) is 49.2 Å². The zero-order chi connectivity index (χ0) is 21.1. The van der Waals surface area contributed by atoms with Gasteiger partial charge in [0.2, 0.25) is 5.91 Å². The van der Waals surface area contributed by atoms with Crippen LogP contribution in [-0.2, 0) is 29.1 Å². The number of aromatic nitrogens is 3. The summed E-state index contributed by atoms with van der Waals surface area (Å²) >= 11 is 0. The van der Waals surface area contributed by atoms with Crippen LogP contribution in [0.15, 0.2) is 24.3 Å². The molecular weight excluding hydrogens is 370 g/mol. The predicted octanol–water partition coefficient (Wildman–Crippen LogP) is 1.93. The van der Waals surface area contributed by atoms with Crippen molar-refractivity contribution in [3.63, 3.8) is 0 Å². The number of nitrogens with zero attached hydrogens (tertiary/aromatic N) is 4. The Balaban J connectivity index is 1.62. The number of fused-ring (bicyclic) bond motifs is 1. The molecule has 156 valence electrons. The Bertz CT molecular complexity index is 875. The Labute approximate surface area is 170 Å². The third-order valence-electron chi connectivity index (χ3n) is 5.29. The Morgan fingerprint density at radius 1 is 1.21 bits per heavy atom. The van der Waals surface area contributed by atoms with E-state index in [0.29, 0.717) is 17.6 Å². The van der Waals surface area contributed by atoms with Crippen molar-refractivity contribution in [2.75, 3.05) is 6.54 Å². The lowest BCUT2D eigenvalue weighted by Crippen LogP contribution is -2.51. The Morgan fingerprint density at radius 3 is 2.52 bits per heavy atom. The van der Waals surface area contributed by atoms with E-state index >= 15 is 0 Å². The van der Waals surface area contributed by atoms with Crippen LogP contribution in [0.5, 0.6) is 0 Å². The first-order valence-corrected chi connectivity index (χ1v) is 9.98. The van der Waals surface area contributed by atoms with E-state index in [0.717, 1.165) is 12.0 Å². The number of aryl methyl sites for hydroxylation is 1. The Kier molecular flexibility index (Phi) is 6.32. The van der Waals surface area contributed by atoms with Crippen LogP contribution >= 0.6 is 0 Å². The molecule has 3 rings (SSSR count). The molecule has 2 N–H and O–H groups in total. The van der Waals surface area contributed by atoms with Crippen molar-refractivity contribution < 1.29 is 14.7 Å². The second-order valence-corrected chi connectivity index (χ2v) is 8.16. The van der Waals surface area contributed by atoms with Crippen molar-refractivity contribution >= 4 is 11.9 Å². The highest BCUT2D eigenvalue weighted by atomic mass is 16.4. The minimum absolute atomic E-state index is 0.00134. The zero-order valence-electron chi connectivity index (χ0n) is 17.4. The first-order chi connectivity index (χ1) is 13.7. The highest BCUT2D eigenvalue weighted by Gasteiger charge is 2.34.